The standard InChI is InChI=1S/C15H19F3N2O/c1-20-6-2-3-11(20)7-10-9-19-14-5-4-12(8-13(10)14)21-15(16,17)18/h4-5,8,10-11,19H,2-3,6-7,9H2,1H3/t10?,11-/m1/s1/i7D2. The molecule has 1 saturated heterocycles. The summed E-state index contributed by atoms with van der Waals surface area (Å²) in [6.07, 6.45) is -4.58. The van der Waals surface area contributed by atoms with Crippen LogP contribution < -0.4 is 10.1 Å². The van der Waals surface area contributed by atoms with Crippen LogP contribution in [0.3, 0.4) is 0 Å². The van der Waals surface area contributed by atoms with Gasteiger partial charge in [0.25, 0.3) is 0 Å². The van der Waals surface area contributed by atoms with Crippen LogP contribution in [-0.2, 0) is 0 Å². The molecule has 1 N–H and O–H groups in total. The Balaban J connectivity index is 1.89. The van der Waals surface area contributed by atoms with Gasteiger partial charge in [0.15, 0.2) is 0 Å². The molecule has 0 radical (unpaired) electrons. The van der Waals surface area contributed by atoms with E-state index in [4.69, 9.17) is 2.74 Å². The molecule has 1 unspecified atom stereocenters. The van der Waals surface area contributed by atoms with Gasteiger partial charge in [0.2, 0.25) is 0 Å². The van der Waals surface area contributed by atoms with Crippen LogP contribution >= 0.6 is 0 Å². The second kappa shape index (κ2) is 5.40. The number of ether oxygens (including phenoxy) is 1. The van der Waals surface area contributed by atoms with Crippen LogP contribution in [-0.4, -0.2) is 37.4 Å². The second-order valence-electron chi connectivity index (χ2n) is 5.54. The lowest BCUT2D eigenvalue weighted by molar-refractivity contribution is -0.274. The van der Waals surface area contributed by atoms with E-state index in [0.29, 0.717) is 17.8 Å². The van der Waals surface area contributed by atoms with E-state index in [1.807, 2.05) is 11.9 Å². The third-order valence-electron chi connectivity index (χ3n) is 4.04. The van der Waals surface area contributed by atoms with Crippen LogP contribution in [0.1, 0.15) is 33.4 Å². The van der Waals surface area contributed by atoms with Crippen molar-refractivity contribution in [1.29, 1.82) is 0 Å². The molecule has 2 aliphatic heterocycles. The first-order chi connectivity index (χ1) is 10.7. The van der Waals surface area contributed by atoms with E-state index in [1.165, 1.54) is 18.2 Å². The number of nitrogens with one attached hydrogen (secondary N) is 1. The highest BCUT2D eigenvalue weighted by Gasteiger charge is 2.33. The van der Waals surface area contributed by atoms with Crippen molar-refractivity contribution in [3.8, 4) is 5.75 Å². The summed E-state index contributed by atoms with van der Waals surface area (Å²) in [6.45, 7) is 1.22. The lowest BCUT2D eigenvalue weighted by Crippen LogP contribution is -2.27. The first-order valence-electron chi connectivity index (χ1n) is 8.02. The van der Waals surface area contributed by atoms with Crippen molar-refractivity contribution in [2.75, 3.05) is 25.5 Å². The molecule has 0 aliphatic carbocycles. The highest BCUT2D eigenvalue weighted by Crippen LogP contribution is 2.39. The molecule has 6 heteroatoms. The first kappa shape index (κ1) is 12.1. The fraction of sp³-hybridized carbons (Fsp3) is 0.600. The van der Waals surface area contributed by atoms with Crippen LogP contribution in [0.4, 0.5) is 18.9 Å². The maximum atomic E-state index is 12.4. The Hall–Kier alpha value is -1.43. The van der Waals surface area contributed by atoms with Gasteiger partial charge < -0.3 is 15.0 Å². The zero-order chi connectivity index (χ0) is 16.8. The fourth-order valence-electron chi connectivity index (χ4n) is 3.01. The molecule has 2 aliphatic rings. The number of alkyl halides is 3. The molecule has 2 atom stereocenters. The summed E-state index contributed by atoms with van der Waals surface area (Å²) in [5, 5.41) is 3.09. The fourth-order valence-corrected chi connectivity index (χ4v) is 3.01. The molecule has 1 aromatic carbocycles. The largest absolute Gasteiger partial charge is 0.573 e. The number of anilines is 1. The van der Waals surface area contributed by atoms with E-state index in [-0.39, 0.29) is 11.8 Å². The number of rotatable bonds is 3. The van der Waals surface area contributed by atoms with Crippen LogP contribution in [0.5, 0.6) is 5.75 Å². The predicted octanol–water partition coefficient (Wildman–Crippen LogP) is 3.58. The van der Waals surface area contributed by atoms with E-state index in [9.17, 15) is 13.2 Å². The van der Waals surface area contributed by atoms with E-state index in [0.717, 1.165) is 19.4 Å². The van der Waals surface area contributed by atoms with Gasteiger partial charge in [-0.15, -0.1) is 13.2 Å². The van der Waals surface area contributed by atoms with Gasteiger partial charge in [-0.1, -0.05) is 0 Å². The first-order valence-corrected chi connectivity index (χ1v) is 7.02. The van der Waals surface area contributed by atoms with Crippen LogP contribution in [0.25, 0.3) is 0 Å². The monoisotopic (exact) mass is 302 g/mol. The maximum absolute atomic E-state index is 12.4. The lowest BCUT2D eigenvalue weighted by atomic mass is 9.93. The predicted molar refractivity (Wildman–Crippen MR) is 74.6 cm³/mol. The Kier molecular flexibility index (Phi) is 3.13. The molecule has 2 heterocycles. The number of fused-ring (bicyclic) bond motifs is 1. The van der Waals surface area contributed by atoms with Crippen molar-refractivity contribution >= 4 is 5.69 Å². The Morgan fingerprint density at radius 1 is 1.48 bits per heavy atom. The zero-order valence-corrected chi connectivity index (χ0v) is 11.7. The van der Waals surface area contributed by atoms with Gasteiger partial charge in [-0.05, 0) is 56.6 Å². The third-order valence-corrected chi connectivity index (χ3v) is 4.04. The summed E-state index contributed by atoms with van der Waals surface area (Å²) < 4.78 is 58.3. The molecule has 1 aromatic rings. The molecule has 0 bridgehead atoms. The average Bonchev–Trinajstić information content (AvgIpc) is 3.02. The number of nitrogens with zero attached hydrogens (tertiary/aromatic N) is 1. The van der Waals surface area contributed by atoms with Crippen molar-refractivity contribution in [1.82, 2.24) is 4.90 Å². The Bertz CT molecular complexity index is 595. The zero-order valence-electron chi connectivity index (χ0n) is 13.7. The summed E-state index contributed by atoms with van der Waals surface area (Å²) in [7, 11) is 1.89. The molecular formula is C15H19F3N2O. The van der Waals surface area contributed by atoms with Crippen molar-refractivity contribution in [2.24, 2.45) is 0 Å². The van der Waals surface area contributed by atoms with Gasteiger partial charge in [-0.25, -0.2) is 0 Å². The van der Waals surface area contributed by atoms with Crippen LogP contribution in [0.2, 0.25) is 0 Å². The second-order valence-corrected chi connectivity index (χ2v) is 5.54. The van der Waals surface area contributed by atoms with Gasteiger partial charge in [0.1, 0.15) is 5.75 Å². The van der Waals surface area contributed by atoms with Crippen molar-refractivity contribution in [3.63, 3.8) is 0 Å². The molecule has 0 spiro atoms. The normalized spacial score (nSPS) is 27.8. The Labute approximate surface area is 124 Å². The molecule has 116 valence electrons. The van der Waals surface area contributed by atoms with E-state index < -0.39 is 18.7 Å². The third kappa shape index (κ3) is 3.26. The van der Waals surface area contributed by atoms with Crippen molar-refractivity contribution < 1.29 is 20.6 Å². The highest BCUT2D eigenvalue weighted by atomic mass is 19.4. The number of hydrogen-bond acceptors (Lipinski definition) is 3. The number of likely N-dealkylation sites (tertiary alicyclic amines) is 1. The van der Waals surface area contributed by atoms with E-state index >= 15 is 0 Å². The summed E-state index contributed by atoms with van der Waals surface area (Å²) in [5.41, 5.74) is 1.23. The SMILES string of the molecule is [2H]C([2H])(C1CNc2ccc(OC(F)(F)F)cc21)[C@H]1CCCN1C. The van der Waals surface area contributed by atoms with Gasteiger partial charge >= 0.3 is 6.36 Å². The van der Waals surface area contributed by atoms with Gasteiger partial charge in [0, 0.05) is 26.9 Å². The van der Waals surface area contributed by atoms with Crippen molar-refractivity contribution in [3.05, 3.63) is 23.8 Å². The maximum Gasteiger partial charge on any atom is 0.573 e. The molecule has 21 heavy (non-hydrogen) atoms. The van der Waals surface area contributed by atoms with E-state index in [2.05, 4.69) is 10.1 Å². The Morgan fingerprint density at radius 3 is 2.95 bits per heavy atom. The number of halogens is 3. The molecule has 3 nitrogen and oxygen atoms in total. The smallest absolute Gasteiger partial charge is 0.406 e. The minimum Gasteiger partial charge on any atom is -0.406 e. The quantitative estimate of drug-likeness (QED) is 0.923. The van der Waals surface area contributed by atoms with Crippen LogP contribution in [0, 0.1) is 0 Å². The summed E-state index contributed by atoms with van der Waals surface area (Å²) >= 11 is 0. The molecule has 3 rings (SSSR count). The number of hydrogen-bond donors (Lipinski definition) is 1. The highest BCUT2D eigenvalue weighted by molar-refractivity contribution is 5.60. The molecule has 0 amide bonds. The average molecular weight is 302 g/mol. The minimum absolute atomic E-state index is 0.229. The molecular weight excluding hydrogens is 281 g/mol. The van der Waals surface area contributed by atoms with Gasteiger partial charge in [-0.3, -0.25) is 0 Å². The van der Waals surface area contributed by atoms with Crippen LogP contribution in [0.15, 0.2) is 18.2 Å². The van der Waals surface area contributed by atoms with Crippen molar-refractivity contribution in [2.45, 2.75) is 37.5 Å². The summed E-state index contributed by atoms with van der Waals surface area (Å²) in [6, 6.07) is 3.84. The van der Waals surface area contributed by atoms with E-state index in [1.54, 1.807) is 0 Å². The van der Waals surface area contributed by atoms with Gasteiger partial charge in [-0.2, -0.15) is 0 Å². The molecule has 1 fully saturated rings. The number of benzene rings is 1. The summed E-state index contributed by atoms with van der Waals surface area (Å²) in [5.74, 6) is -0.805. The minimum atomic E-state index is -4.75. The summed E-state index contributed by atoms with van der Waals surface area (Å²) in [4.78, 5) is 1.99. The molecule has 0 aromatic heterocycles. The lowest BCUT2D eigenvalue weighted by Gasteiger charge is -2.23. The Morgan fingerprint density at radius 2 is 2.29 bits per heavy atom. The molecule has 0 saturated carbocycles. The topological polar surface area (TPSA) is 24.5 Å². The van der Waals surface area contributed by atoms with Gasteiger partial charge in [0.05, 0.1) is 0 Å².